The zero-order chi connectivity index (χ0) is 21.5. The van der Waals surface area contributed by atoms with Crippen molar-refractivity contribution in [3.05, 3.63) is 57.8 Å². The van der Waals surface area contributed by atoms with Crippen molar-refractivity contribution in [1.82, 2.24) is 15.8 Å². The van der Waals surface area contributed by atoms with E-state index in [0.717, 1.165) is 24.6 Å². The van der Waals surface area contributed by atoms with Crippen LogP contribution in [0.25, 0.3) is 0 Å². The number of nitrogens with zero attached hydrogens (tertiary/aromatic N) is 1. The Hall–Kier alpha value is -2.69. The Morgan fingerprint density at radius 3 is 2.53 bits per heavy atom. The standard InChI is InChI=1S/C20H23N3O5S2/c1-2-28-20(27)23(18(25)16-6-9-29-13-16)22-17(24)14-4-3-5-15(12-14)19(26)30-10-7-21-8-11-30/h3-6,9,12-13,21,30H,2,7-8,10-11H2,1H3,(H,22,24). The average molecular weight is 450 g/mol. The summed E-state index contributed by atoms with van der Waals surface area (Å²) in [4.78, 5) is 50.4. The van der Waals surface area contributed by atoms with Gasteiger partial charge in [-0.05, 0) is 42.0 Å². The second-order valence-corrected chi connectivity index (χ2v) is 9.58. The third-order valence-corrected chi connectivity index (χ3v) is 7.45. The molecule has 0 radical (unpaired) electrons. The van der Waals surface area contributed by atoms with Gasteiger partial charge in [0.1, 0.15) is 0 Å². The first-order valence-corrected chi connectivity index (χ1v) is 12.1. The highest BCUT2D eigenvalue weighted by Crippen LogP contribution is 2.31. The summed E-state index contributed by atoms with van der Waals surface area (Å²) in [6.07, 6.45) is -0.979. The Labute approximate surface area is 180 Å². The Morgan fingerprint density at radius 1 is 1.13 bits per heavy atom. The van der Waals surface area contributed by atoms with Crippen LogP contribution < -0.4 is 10.7 Å². The van der Waals surface area contributed by atoms with Gasteiger partial charge in [0.05, 0.1) is 12.2 Å². The summed E-state index contributed by atoms with van der Waals surface area (Å²) >= 11 is 1.29. The molecule has 3 rings (SSSR count). The van der Waals surface area contributed by atoms with Crippen molar-refractivity contribution in [2.24, 2.45) is 0 Å². The van der Waals surface area contributed by atoms with E-state index in [2.05, 4.69) is 10.7 Å². The molecule has 3 amide bonds. The van der Waals surface area contributed by atoms with Crippen LogP contribution in [0.15, 0.2) is 41.1 Å². The smallest absolute Gasteiger partial charge is 0.436 e. The van der Waals surface area contributed by atoms with E-state index >= 15 is 0 Å². The molecule has 0 saturated carbocycles. The van der Waals surface area contributed by atoms with E-state index in [1.807, 2.05) is 0 Å². The number of amides is 3. The van der Waals surface area contributed by atoms with Gasteiger partial charge < -0.3 is 10.1 Å². The number of nitrogens with one attached hydrogen (secondary N) is 2. The van der Waals surface area contributed by atoms with Gasteiger partial charge in [0, 0.05) is 29.6 Å². The Kier molecular flexibility index (Phi) is 7.61. The molecule has 1 saturated heterocycles. The quantitative estimate of drug-likeness (QED) is 0.489. The molecular weight excluding hydrogens is 426 g/mol. The van der Waals surface area contributed by atoms with Crippen LogP contribution in [0.3, 0.4) is 0 Å². The lowest BCUT2D eigenvalue weighted by Gasteiger charge is -2.25. The summed E-state index contributed by atoms with van der Waals surface area (Å²) in [6.45, 7) is 3.28. The van der Waals surface area contributed by atoms with Crippen molar-refractivity contribution in [2.45, 2.75) is 6.92 Å². The van der Waals surface area contributed by atoms with E-state index in [0.29, 0.717) is 10.6 Å². The number of benzene rings is 1. The molecule has 1 aromatic carbocycles. The zero-order valence-corrected chi connectivity index (χ0v) is 18.1. The van der Waals surface area contributed by atoms with Gasteiger partial charge in [-0.15, -0.1) is 5.01 Å². The van der Waals surface area contributed by atoms with Crippen molar-refractivity contribution < 1.29 is 23.9 Å². The van der Waals surface area contributed by atoms with E-state index in [4.69, 9.17) is 4.74 Å². The highest BCUT2D eigenvalue weighted by molar-refractivity contribution is 8.30. The minimum Gasteiger partial charge on any atom is -0.448 e. The lowest BCUT2D eigenvalue weighted by Crippen LogP contribution is -2.50. The van der Waals surface area contributed by atoms with E-state index in [1.54, 1.807) is 35.9 Å². The van der Waals surface area contributed by atoms with Crippen molar-refractivity contribution in [3.8, 4) is 0 Å². The molecule has 2 N–H and O–H groups in total. The summed E-state index contributed by atoms with van der Waals surface area (Å²) in [7, 11) is -0.779. The molecule has 0 unspecified atom stereocenters. The molecule has 0 spiro atoms. The van der Waals surface area contributed by atoms with Gasteiger partial charge in [-0.1, -0.05) is 12.1 Å². The number of hydrazine groups is 1. The van der Waals surface area contributed by atoms with Crippen LogP contribution in [0.5, 0.6) is 0 Å². The van der Waals surface area contributed by atoms with Crippen LogP contribution in [0.1, 0.15) is 38.0 Å². The molecule has 1 fully saturated rings. The van der Waals surface area contributed by atoms with Crippen molar-refractivity contribution >= 4 is 45.3 Å². The van der Waals surface area contributed by atoms with Crippen molar-refractivity contribution in [2.75, 3.05) is 31.2 Å². The molecular formula is C20H23N3O5S2. The van der Waals surface area contributed by atoms with Gasteiger partial charge in [-0.2, -0.15) is 22.2 Å². The fraction of sp³-hybridized carbons (Fsp3) is 0.300. The predicted molar refractivity (Wildman–Crippen MR) is 117 cm³/mol. The molecule has 160 valence electrons. The number of imide groups is 1. The number of hydrogen-bond donors (Lipinski definition) is 3. The molecule has 0 aliphatic carbocycles. The second kappa shape index (κ2) is 10.4. The monoisotopic (exact) mass is 449 g/mol. The predicted octanol–water partition coefficient (Wildman–Crippen LogP) is 2.44. The second-order valence-electron chi connectivity index (χ2n) is 6.42. The van der Waals surface area contributed by atoms with E-state index < -0.39 is 28.8 Å². The summed E-state index contributed by atoms with van der Waals surface area (Å²) < 4.78 is 4.90. The normalized spacial score (nSPS) is 14.6. The Morgan fingerprint density at radius 2 is 1.87 bits per heavy atom. The number of rotatable bonds is 4. The molecule has 2 aromatic rings. The minimum absolute atomic E-state index is 0.0461. The minimum atomic E-state index is -0.979. The number of hydrogen-bond acceptors (Lipinski definition) is 7. The molecule has 2 heterocycles. The molecule has 0 bridgehead atoms. The Balaban J connectivity index is 1.77. The first-order chi connectivity index (χ1) is 14.5. The van der Waals surface area contributed by atoms with Gasteiger partial charge >= 0.3 is 6.09 Å². The summed E-state index contributed by atoms with van der Waals surface area (Å²) in [6, 6.07) is 7.88. The highest BCUT2D eigenvalue weighted by atomic mass is 32.2. The van der Waals surface area contributed by atoms with Crippen LogP contribution in [0, 0.1) is 0 Å². The molecule has 10 heteroatoms. The van der Waals surface area contributed by atoms with Gasteiger partial charge in [0.2, 0.25) is 0 Å². The number of carbonyl (C=O) groups excluding carboxylic acids is 4. The number of ether oxygens (including phenoxy) is 1. The summed E-state index contributed by atoms with van der Waals surface area (Å²) in [5, 5.41) is 7.10. The maximum absolute atomic E-state index is 12.8. The SMILES string of the molecule is CCOC(=O)N(NC(=O)c1cccc(C(=O)[SH]2CCNCC2)c1)C(=O)c1ccsc1. The molecule has 30 heavy (non-hydrogen) atoms. The fourth-order valence-corrected chi connectivity index (χ4v) is 5.51. The van der Waals surface area contributed by atoms with E-state index in [9.17, 15) is 19.2 Å². The lowest BCUT2D eigenvalue weighted by molar-refractivity contribution is 0.0506. The first kappa shape index (κ1) is 22.0. The van der Waals surface area contributed by atoms with Gasteiger partial charge in [-0.25, -0.2) is 4.79 Å². The largest absolute Gasteiger partial charge is 0.448 e. The topological polar surface area (TPSA) is 105 Å². The van der Waals surface area contributed by atoms with E-state index in [-0.39, 0.29) is 22.8 Å². The van der Waals surface area contributed by atoms with Crippen LogP contribution in [-0.2, 0) is 4.74 Å². The van der Waals surface area contributed by atoms with E-state index in [1.165, 1.54) is 23.5 Å². The maximum atomic E-state index is 12.8. The zero-order valence-electron chi connectivity index (χ0n) is 16.4. The van der Waals surface area contributed by atoms with Crippen molar-refractivity contribution in [3.63, 3.8) is 0 Å². The fourth-order valence-electron chi connectivity index (χ4n) is 2.89. The van der Waals surface area contributed by atoms with Gasteiger partial charge in [-0.3, -0.25) is 19.8 Å². The van der Waals surface area contributed by atoms with Crippen LogP contribution in [-0.4, -0.2) is 59.2 Å². The van der Waals surface area contributed by atoms with Gasteiger partial charge in [0.15, 0.2) is 5.12 Å². The number of thiol groups is 1. The summed E-state index contributed by atoms with van der Waals surface area (Å²) in [5.41, 5.74) is 3.21. The highest BCUT2D eigenvalue weighted by Gasteiger charge is 2.27. The molecule has 8 nitrogen and oxygen atoms in total. The van der Waals surface area contributed by atoms with Crippen LogP contribution in [0.2, 0.25) is 0 Å². The molecule has 1 aliphatic heterocycles. The van der Waals surface area contributed by atoms with Crippen LogP contribution >= 0.6 is 22.2 Å². The van der Waals surface area contributed by atoms with Crippen LogP contribution in [0.4, 0.5) is 4.79 Å². The maximum Gasteiger partial charge on any atom is 0.436 e. The van der Waals surface area contributed by atoms with Crippen molar-refractivity contribution in [1.29, 1.82) is 0 Å². The molecule has 0 atom stereocenters. The molecule has 1 aliphatic rings. The Bertz CT molecular complexity index is 926. The van der Waals surface area contributed by atoms with Gasteiger partial charge in [0.25, 0.3) is 11.8 Å². The molecule has 1 aromatic heterocycles. The third-order valence-electron chi connectivity index (χ3n) is 4.41. The summed E-state index contributed by atoms with van der Waals surface area (Å²) in [5.74, 6) is 0.250. The number of carbonyl (C=O) groups is 4. The average Bonchev–Trinajstić information content (AvgIpc) is 3.32. The lowest BCUT2D eigenvalue weighted by atomic mass is 10.1. The first-order valence-electron chi connectivity index (χ1n) is 9.45. The number of thiophene rings is 1. The third kappa shape index (κ3) is 5.26.